The lowest BCUT2D eigenvalue weighted by Crippen LogP contribution is -2.30. The van der Waals surface area contributed by atoms with E-state index in [1.165, 1.54) is 4.68 Å². The maximum absolute atomic E-state index is 12.9. The molecule has 0 aliphatic carbocycles. The topological polar surface area (TPSA) is 94.2 Å². The highest BCUT2D eigenvalue weighted by atomic mass is 16.2. The van der Waals surface area contributed by atoms with Gasteiger partial charge in [-0.2, -0.15) is 10.2 Å². The molecule has 0 unspecified atom stereocenters. The van der Waals surface area contributed by atoms with Crippen molar-refractivity contribution in [2.75, 3.05) is 0 Å². The fourth-order valence-electron chi connectivity index (χ4n) is 3.26. The van der Waals surface area contributed by atoms with Crippen molar-refractivity contribution in [3.63, 3.8) is 0 Å². The summed E-state index contributed by atoms with van der Waals surface area (Å²) in [6, 6.07) is 14.5. The first kappa shape index (κ1) is 20.2. The molecule has 2 aromatic heterocycles. The van der Waals surface area contributed by atoms with Crippen LogP contribution in [0.4, 0.5) is 0 Å². The number of rotatable bonds is 5. The van der Waals surface area contributed by atoms with Gasteiger partial charge in [0.25, 0.3) is 11.5 Å². The highest BCUT2D eigenvalue weighted by Crippen LogP contribution is 2.15. The molecule has 31 heavy (non-hydrogen) atoms. The highest BCUT2D eigenvalue weighted by molar-refractivity contribution is 6.06. The van der Waals surface area contributed by atoms with Gasteiger partial charge < -0.3 is 4.57 Å². The lowest BCUT2D eigenvalue weighted by atomic mass is 10.1. The minimum Gasteiger partial charge on any atom is -0.306 e. The number of amides is 1. The van der Waals surface area contributed by atoms with Crippen LogP contribution in [0.1, 0.15) is 42.9 Å². The summed E-state index contributed by atoms with van der Waals surface area (Å²) in [7, 11) is 0. The van der Waals surface area contributed by atoms with Crippen molar-refractivity contribution in [3.05, 3.63) is 88.9 Å². The van der Waals surface area contributed by atoms with Gasteiger partial charge in [0.1, 0.15) is 0 Å². The summed E-state index contributed by atoms with van der Waals surface area (Å²) < 4.78 is 3.22. The Morgan fingerprint density at radius 1 is 1.06 bits per heavy atom. The zero-order valence-corrected chi connectivity index (χ0v) is 17.5. The molecular weight excluding hydrogens is 392 g/mol. The van der Waals surface area contributed by atoms with Crippen LogP contribution in [0.5, 0.6) is 0 Å². The third-order valence-electron chi connectivity index (χ3n) is 4.95. The quantitative estimate of drug-likeness (QED) is 0.400. The Morgan fingerprint density at radius 2 is 1.77 bits per heavy atom. The average Bonchev–Trinajstić information content (AvgIpc) is 3.32. The largest absolute Gasteiger partial charge is 0.306 e. The number of fused-ring (bicyclic) bond motifs is 1. The molecular formula is C23H22N6O2. The lowest BCUT2D eigenvalue weighted by Gasteiger charge is -2.12. The van der Waals surface area contributed by atoms with Crippen LogP contribution in [0.2, 0.25) is 0 Å². The van der Waals surface area contributed by atoms with Gasteiger partial charge in [-0.15, -0.1) is 0 Å². The van der Waals surface area contributed by atoms with E-state index in [9.17, 15) is 9.59 Å². The molecule has 2 aromatic carbocycles. The van der Waals surface area contributed by atoms with Crippen LogP contribution < -0.4 is 11.0 Å². The smallest absolute Gasteiger partial charge is 0.292 e. The van der Waals surface area contributed by atoms with Crippen LogP contribution in [0.15, 0.2) is 77.1 Å². The molecule has 0 saturated heterocycles. The number of nitrogens with one attached hydrogen (secondary N) is 1. The van der Waals surface area contributed by atoms with Gasteiger partial charge in [0, 0.05) is 23.5 Å². The normalized spacial score (nSPS) is 11.8. The second-order valence-electron chi connectivity index (χ2n) is 7.39. The molecule has 156 valence electrons. The van der Waals surface area contributed by atoms with Gasteiger partial charge in [0.05, 0.1) is 23.5 Å². The maximum Gasteiger partial charge on any atom is 0.292 e. The minimum atomic E-state index is -0.472. The lowest BCUT2D eigenvalue weighted by molar-refractivity contribution is 0.0949. The number of nitrogens with zero attached hydrogens (tertiary/aromatic N) is 5. The molecule has 1 amide bonds. The van der Waals surface area contributed by atoms with E-state index >= 15 is 0 Å². The van der Waals surface area contributed by atoms with Crippen molar-refractivity contribution in [1.82, 2.24) is 24.8 Å². The van der Waals surface area contributed by atoms with Crippen molar-refractivity contribution < 1.29 is 4.79 Å². The summed E-state index contributed by atoms with van der Waals surface area (Å²) in [5.41, 5.74) is 5.01. The number of hydrogen-bond acceptors (Lipinski definition) is 5. The van der Waals surface area contributed by atoms with E-state index in [4.69, 9.17) is 0 Å². The Bertz CT molecular complexity index is 1320. The Morgan fingerprint density at radius 3 is 2.42 bits per heavy atom. The molecule has 1 N–H and O–H groups in total. The van der Waals surface area contributed by atoms with Crippen LogP contribution in [0.25, 0.3) is 16.5 Å². The standard InChI is InChI=1S/C23H22N6O2/c1-15(2)29-23(31)20-7-5-4-6-19(20)21(27-29)22(30)26-25-16(3)17-8-10-18(11-9-17)28-13-12-24-14-28/h4-15H,1-3H3,(H,26,30)/b25-16+. The van der Waals surface area contributed by atoms with Crippen molar-refractivity contribution in [1.29, 1.82) is 0 Å². The van der Waals surface area contributed by atoms with E-state index in [0.29, 0.717) is 16.5 Å². The van der Waals surface area contributed by atoms with Gasteiger partial charge >= 0.3 is 0 Å². The summed E-state index contributed by atoms with van der Waals surface area (Å²) in [5, 5.41) is 9.49. The zero-order chi connectivity index (χ0) is 22.0. The monoisotopic (exact) mass is 414 g/mol. The molecule has 8 heteroatoms. The zero-order valence-electron chi connectivity index (χ0n) is 17.5. The predicted molar refractivity (Wildman–Crippen MR) is 120 cm³/mol. The number of hydrazone groups is 1. The molecule has 0 atom stereocenters. The first-order chi connectivity index (χ1) is 15.0. The summed E-state index contributed by atoms with van der Waals surface area (Å²) in [5.74, 6) is -0.472. The first-order valence-electron chi connectivity index (χ1n) is 9.90. The molecule has 0 radical (unpaired) electrons. The molecule has 4 rings (SSSR count). The molecule has 8 nitrogen and oxygen atoms in total. The molecule has 0 fully saturated rings. The van der Waals surface area contributed by atoms with Crippen molar-refractivity contribution >= 4 is 22.4 Å². The van der Waals surface area contributed by atoms with Gasteiger partial charge in [-0.3, -0.25) is 9.59 Å². The second-order valence-corrected chi connectivity index (χ2v) is 7.39. The van der Waals surface area contributed by atoms with E-state index < -0.39 is 5.91 Å². The second kappa shape index (κ2) is 8.35. The average molecular weight is 414 g/mol. The van der Waals surface area contributed by atoms with E-state index in [2.05, 4.69) is 20.6 Å². The number of carbonyl (C=O) groups excluding carboxylic acids is 1. The van der Waals surface area contributed by atoms with Gasteiger partial charge in [-0.25, -0.2) is 15.1 Å². The Hall–Kier alpha value is -4.07. The molecule has 0 aliphatic rings. The molecule has 0 spiro atoms. The molecule has 2 heterocycles. The van der Waals surface area contributed by atoms with Crippen LogP contribution in [0.3, 0.4) is 0 Å². The van der Waals surface area contributed by atoms with Crippen LogP contribution in [-0.4, -0.2) is 31.0 Å². The Labute approximate surface area is 178 Å². The van der Waals surface area contributed by atoms with Gasteiger partial charge in [0.2, 0.25) is 0 Å². The van der Waals surface area contributed by atoms with E-state index in [1.54, 1.807) is 36.8 Å². The summed E-state index contributed by atoms with van der Waals surface area (Å²) in [4.78, 5) is 29.6. The molecule has 4 aromatic rings. The molecule has 0 saturated carbocycles. The van der Waals surface area contributed by atoms with Crippen molar-refractivity contribution in [3.8, 4) is 5.69 Å². The Balaban J connectivity index is 1.61. The number of imidazole rings is 1. The van der Waals surface area contributed by atoms with Gasteiger partial charge in [-0.05, 0) is 44.5 Å². The fraction of sp³-hybridized carbons (Fsp3) is 0.174. The molecule has 0 bridgehead atoms. The number of aromatic nitrogens is 4. The van der Waals surface area contributed by atoms with Gasteiger partial charge in [0.15, 0.2) is 5.69 Å². The van der Waals surface area contributed by atoms with E-state index in [-0.39, 0.29) is 17.3 Å². The SMILES string of the molecule is C/C(=N\NC(=O)c1nn(C(C)C)c(=O)c2ccccc12)c1ccc(-n2ccnc2)cc1. The number of carbonyl (C=O) groups is 1. The summed E-state index contributed by atoms with van der Waals surface area (Å²) >= 11 is 0. The maximum atomic E-state index is 12.9. The third kappa shape index (κ3) is 4.00. The van der Waals surface area contributed by atoms with Crippen LogP contribution in [-0.2, 0) is 0 Å². The number of benzene rings is 2. The Kier molecular flexibility index (Phi) is 5.44. The predicted octanol–water partition coefficient (Wildman–Crippen LogP) is 3.32. The van der Waals surface area contributed by atoms with E-state index in [1.807, 2.05) is 55.8 Å². The van der Waals surface area contributed by atoms with Crippen LogP contribution in [0, 0.1) is 0 Å². The van der Waals surface area contributed by atoms with Crippen molar-refractivity contribution in [2.45, 2.75) is 26.8 Å². The minimum absolute atomic E-state index is 0.163. The first-order valence-corrected chi connectivity index (χ1v) is 9.90. The van der Waals surface area contributed by atoms with Crippen LogP contribution >= 0.6 is 0 Å². The molecule has 0 aliphatic heterocycles. The van der Waals surface area contributed by atoms with Crippen molar-refractivity contribution in [2.24, 2.45) is 5.10 Å². The number of hydrogen-bond donors (Lipinski definition) is 1. The summed E-state index contributed by atoms with van der Waals surface area (Å²) in [6.07, 6.45) is 5.31. The fourth-order valence-corrected chi connectivity index (χ4v) is 3.26. The summed E-state index contributed by atoms with van der Waals surface area (Å²) in [6.45, 7) is 5.51. The van der Waals surface area contributed by atoms with Gasteiger partial charge in [-0.1, -0.05) is 30.3 Å². The van der Waals surface area contributed by atoms with E-state index in [0.717, 1.165) is 11.3 Å². The third-order valence-corrected chi connectivity index (χ3v) is 4.95. The highest BCUT2D eigenvalue weighted by Gasteiger charge is 2.17.